The maximum Gasteiger partial charge on any atom is 0.247 e. The lowest BCUT2D eigenvalue weighted by molar-refractivity contribution is -0.118. The quantitative estimate of drug-likeness (QED) is 0.878. The number of carbonyl (C=O) groups excluding carboxylic acids is 1. The summed E-state index contributed by atoms with van der Waals surface area (Å²) in [5.74, 6) is 0.899. The zero-order valence-electron chi connectivity index (χ0n) is 13.8. The molecule has 1 aliphatic carbocycles. The summed E-state index contributed by atoms with van der Waals surface area (Å²) in [7, 11) is 5.69. The molecule has 0 heterocycles. The Morgan fingerprint density at radius 1 is 1.27 bits per heavy atom. The minimum Gasteiger partial charge on any atom is -0.497 e. The highest BCUT2D eigenvalue weighted by Gasteiger charge is 2.19. The molecule has 1 amide bonds. The molecule has 4 heteroatoms. The monoisotopic (exact) mass is 302 g/mol. The van der Waals surface area contributed by atoms with Gasteiger partial charge >= 0.3 is 0 Å². The van der Waals surface area contributed by atoms with Crippen LogP contribution in [0.25, 0.3) is 0 Å². The van der Waals surface area contributed by atoms with E-state index in [0.717, 1.165) is 42.7 Å². The first-order valence-corrected chi connectivity index (χ1v) is 7.88. The van der Waals surface area contributed by atoms with Crippen molar-refractivity contribution in [2.75, 3.05) is 27.7 Å². The van der Waals surface area contributed by atoms with Crippen LogP contribution in [0, 0.1) is 0 Å². The maximum absolute atomic E-state index is 12.5. The molecular weight excluding hydrogens is 276 g/mol. The lowest BCUT2D eigenvalue weighted by atomic mass is 9.98. The molecule has 1 aromatic rings. The molecule has 0 aromatic heterocycles. The van der Waals surface area contributed by atoms with Crippen LogP contribution in [0.15, 0.2) is 35.9 Å². The van der Waals surface area contributed by atoms with Crippen molar-refractivity contribution >= 4 is 5.91 Å². The SMILES string of the molecule is COc1ccc([C@H](CN(C)C)NC(=O)C2=CCCCC2)cc1. The van der Waals surface area contributed by atoms with Gasteiger partial charge in [0.05, 0.1) is 13.2 Å². The first-order valence-electron chi connectivity index (χ1n) is 7.88. The van der Waals surface area contributed by atoms with Gasteiger partial charge in [-0.25, -0.2) is 0 Å². The molecule has 22 heavy (non-hydrogen) atoms. The number of hydrogen-bond acceptors (Lipinski definition) is 3. The average Bonchev–Trinajstić information content (AvgIpc) is 2.54. The Bertz CT molecular complexity index is 520. The molecule has 0 aliphatic heterocycles. The summed E-state index contributed by atoms with van der Waals surface area (Å²) >= 11 is 0. The van der Waals surface area contributed by atoms with Crippen molar-refractivity contribution in [3.63, 3.8) is 0 Å². The van der Waals surface area contributed by atoms with Crippen molar-refractivity contribution in [1.82, 2.24) is 10.2 Å². The van der Waals surface area contributed by atoms with Crippen LogP contribution in [0.3, 0.4) is 0 Å². The van der Waals surface area contributed by atoms with E-state index in [0.29, 0.717) is 0 Å². The van der Waals surface area contributed by atoms with Crippen LogP contribution < -0.4 is 10.1 Å². The van der Waals surface area contributed by atoms with E-state index in [4.69, 9.17) is 4.74 Å². The van der Waals surface area contributed by atoms with Gasteiger partial charge in [0, 0.05) is 12.1 Å². The molecule has 1 aliphatic rings. The van der Waals surface area contributed by atoms with Gasteiger partial charge in [0.25, 0.3) is 0 Å². The number of allylic oxidation sites excluding steroid dienone is 1. The number of hydrogen-bond donors (Lipinski definition) is 1. The minimum absolute atomic E-state index is 0.0174. The van der Waals surface area contributed by atoms with E-state index in [2.05, 4.69) is 16.3 Å². The molecule has 0 saturated heterocycles. The molecule has 1 N–H and O–H groups in total. The summed E-state index contributed by atoms with van der Waals surface area (Å²) in [6.45, 7) is 0.769. The first-order chi connectivity index (χ1) is 10.6. The van der Waals surface area contributed by atoms with E-state index in [1.165, 1.54) is 6.42 Å². The van der Waals surface area contributed by atoms with Gasteiger partial charge in [0.15, 0.2) is 0 Å². The second kappa shape index (κ2) is 7.99. The second-order valence-corrected chi connectivity index (χ2v) is 6.04. The summed E-state index contributed by atoms with van der Waals surface area (Å²) < 4.78 is 5.20. The normalized spacial score (nSPS) is 16.1. The third-order valence-corrected chi connectivity index (χ3v) is 3.95. The Morgan fingerprint density at radius 3 is 2.55 bits per heavy atom. The molecule has 4 nitrogen and oxygen atoms in total. The number of nitrogens with one attached hydrogen (secondary N) is 1. The summed E-state index contributed by atoms with van der Waals surface area (Å²) in [6.07, 6.45) is 6.29. The lowest BCUT2D eigenvalue weighted by Crippen LogP contribution is -2.36. The summed E-state index contributed by atoms with van der Waals surface area (Å²) in [5, 5.41) is 3.18. The number of amides is 1. The maximum atomic E-state index is 12.5. The van der Waals surface area contributed by atoms with Crippen molar-refractivity contribution in [2.45, 2.75) is 31.7 Å². The molecule has 0 spiro atoms. The van der Waals surface area contributed by atoms with Gasteiger partial charge < -0.3 is 15.0 Å². The zero-order valence-corrected chi connectivity index (χ0v) is 13.8. The fraction of sp³-hybridized carbons (Fsp3) is 0.500. The molecule has 0 bridgehead atoms. The predicted octanol–water partition coefficient (Wildman–Crippen LogP) is 2.91. The molecule has 0 unspecified atom stereocenters. The molecule has 0 fully saturated rings. The molecule has 0 saturated carbocycles. The van der Waals surface area contributed by atoms with E-state index in [1.807, 2.05) is 38.4 Å². The van der Waals surface area contributed by atoms with Crippen molar-refractivity contribution < 1.29 is 9.53 Å². The minimum atomic E-state index is -0.0174. The number of benzene rings is 1. The summed E-state index contributed by atoms with van der Waals surface area (Å²) in [6, 6.07) is 7.88. The van der Waals surface area contributed by atoms with Gasteiger partial charge in [-0.3, -0.25) is 4.79 Å². The van der Waals surface area contributed by atoms with E-state index >= 15 is 0 Å². The zero-order chi connectivity index (χ0) is 15.9. The first kappa shape index (κ1) is 16.6. The van der Waals surface area contributed by atoms with Gasteiger partial charge in [0.1, 0.15) is 5.75 Å². The predicted molar refractivity (Wildman–Crippen MR) is 89.0 cm³/mol. The third kappa shape index (κ3) is 4.60. The molecule has 2 rings (SSSR count). The Hall–Kier alpha value is -1.81. The lowest BCUT2D eigenvalue weighted by Gasteiger charge is -2.24. The standard InChI is InChI=1S/C18H26N2O2/c1-20(2)13-17(14-9-11-16(22-3)12-10-14)19-18(21)15-7-5-4-6-8-15/h7,9-12,17H,4-6,8,13H2,1-3H3,(H,19,21)/t17-/m0/s1. The Morgan fingerprint density at radius 2 is 2.00 bits per heavy atom. The van der Waals surface area contributed by atoms with Crippen LogP contribution in [-0.2, 0) is 4.79 Å². The number of methoxy groups -OCH3 is 1. The highest BCUT2D eigenvalue weighted by molar-refractivity contribution is 5.93. The van der Waals surface area contributed by atoms with Gasteiger partial charge in [-0.2, -0.15) is 0 Å². The molecule has 1 atom stereocenters. The second-order valence-electron chi connectivity index (χ2n) is 6.04. The fourth-order valence-corrected chi connectivity index (χ4v) is 2.73. The molecular formula is C18H26N2O2. The average molecular weight is 302 g/mol. The van der Waals surface area contributed by atoms with Crippen LogP contribution in [0.5, 0.6) is 5.75 Å². The highest BCUT2D eigenvalue weighted by Crippen LogP contribution is 2.21. The molecule has 0 radical (unpaired) electrons. The van der Waals surface area contributed by atoms with Crippen molar-refractivity contribution in [2.24, 2.45) is 0 Å². The number of likely N-dealkylation sites (N-methyl/N-ethyl adjacent to an activating group) is 1. The van der Waals surface area contributed by atoms with E-state index in [9.17, 15) is 4.79 Å². The smallest absolute Gasteiger partial charge is 0.247 e. The van der Waals surface area contributed by atoms with Gasteiger partial charge in [-0.05, 0) is 57.5 Å². The van der Waals surface area contributed by atoms with E-state index in [-0.39, 0.29) is 11.9 Å². The van der Waals surface area contributed by atoms with Gasteiger partial charge in [0.2, 0.25) is 5.91 Å². The highest BCUT2D eigenvalue weighted by atomic mass is 16.5. The number of rotatable bonds is 6. The van der Waals surface area contributed by atoms with Crippen LogP contribution in [-0.4, -0.2) is 38.6 Å². The van der Waals surface area contributed by atoms with E-state index < -0.39 is 0 Å². The topological polar surface area (TPSA) is 41.6 Å². The van der Waals surface area contributed by atoms with Crippen LogP contribution in [0.4, 0.5) is 0 Å². The Labute approximate surface area is 133 Å². The molecule has 120 valence electrons. The summed E-state index contributed by atoms with van der Waals surface area (Å²) in [5.41, 5.74) is 2.03. The van der Waals surface area contributed by atoms with Crippen molar-refractivity contribution in [3.8, 4) is 5.75 Å². The van der Waals surface area contributed by atoms with E-state index in [1.54, 1.807) is 7.11 Å². The summed E-state index contributed by atoms with van der Waals surface area (Å²) in [4.78, 5) is 14.6. The molecule has 1 aromatic carbocycles. The Kier molecular flexibility index (Phi) is 6.01. The number of carbonyl (C=O) groups is 1. The third-order valence-electron chi connectivity index (χ3n) is 3.95. The van der Waals surface area contributed by atoms with Crippen molar-refractivity contribution in [3.05, 3.63) is 41.5 Å². The van der Waals surface area contributed by atoms with Crippen molar-refractivity contribution in [1.29, 1.82) is 0 Å². The Balaban J connectivity index is 2.11. The van der Waals surface area contributed by atoms with Gasteiger partial charge in [-0.1, -0.05) is 18.2 Å². The van der Waals surface area contributed by atoms with Crippen LogP contribution in [0.1, 0.15) is 37.3 Å². The van der Waals surface area contributed by atoms with Crippen LogP contribution >= 0.6 is 0 Å². The van der Waals surface area contributed by atoms with Crippen LogP contribution in [0.2, 0.25) is 0 Å². The largest absolute Gasteiger partial charge is 0.497 e. The fourth-order valence-electron chi connectivity index (χ4n) is 2.73. The van der Waals surface area contributed by atoms with Gasteiger partial charge in [-0.15, -0.1) is 0 Å². The number of ether oxygens (including phenoxy) is 1. The number of nitrogens with zero attached hydrogens (tertiary/aromatic N) is 1.